The molecule has 0 aromatic carbocycles. The Balaban J connectivity index is 1.94. The molecular weight excluding hydrogens is 246 g/mol. The maximum atomic E-state index is 11.6. The van der Waals surface area contributed by atoms with Gasteiger partial charge >= 0.3 is 5.97 Å². The fourth-order valence-electron chi connectivity index (χ4n) is 2.48. The van der Waals surface area contributed by atoms with Gasteiger partial charge in [-0.2, -0.15) is 0 Å². The van der Waals surface area contributed by atoms with E-state index < -0.39 is 0 Å². The molecule has 7 nitrogen and oxygen atoms in total. The van der Waals surface area contributed by atoms with Crippen molar-refractivity contribution in [2.24, 2.45) is 5.92 Å². The Kier molecular flexibility index (Phi) is 4.84. The molecule has 1 unspecified atom stereocenters. The number of carbonyl (C=O) groups is 1. The molecule has 0 aliphatic carbocycles. The van der Waals surface area contributed by atoms with Crippen LogP contribution < -0.4 is 0 Å². The Morgan fingerprint density at radius 2 is 2.37 bits per heavy atom. The summed E-state index contributed by atoms with van der Waals surface area (Å²) in [5, 5.41) is 11.8. The Bertz CT molecular complexity index is 420. The lowest BCUT2D eigenvalue weighted by Gasteiger charge is -2.30. The number of methoxy groups -OCH3 is 1. The molecule has 0 N–H and O–H groups in total. The maximum absolute atomic E-state index is 11.6. The number of piperidine rings is 1. The standard InChI is InChI=1S/C12H21N5O2/c1-3-6-17-11(13-14-15-17)9-16-7-4-5-10(8-16)12(18)19-2/h10H,3-9H2,1-2H3. The highest BCUT2D eigenvalue weighted by Crippen LogP contribution is 2.19. The van der Waals surface area contributed by atoms with Gasteiger partial charge in [0.1, 0.15) is 0 Å². The van der Waals surface area contributed by atoms with Crippen LogP contribution in [0.5, 0.6) is 0 Å². The van der Waals surface area contributed by atoms with Gasteiger partial charge in [-0.15, -0.1) is 5.10 Å². The third-order valence-corrected chi connectivity index (χ3v) is 3.45. The number of tetrazole rings is 1. The zero-order valence-electron chi connectivity index (χ0n) is 11.6. The van der Waals surface area contributed by atoms with E-state index in [9.17, 15) is 4.79 Å². The quantitative estimate of drug-likeness (QED) is 0.722. The van der Waals surface area contributed by atoms with Gasteiger partial charge in [-0.25, -0.2) is 4.68 Å². The lowest BCUT2D eigenvalue weighted by atomic mass is 9.98. The summed E-state index contributed by atoms with van der Waals surface area (Å²) in [6, 6.07) is 0. The van der Waals surface area contributed by atoms with Crippen LogP contribution in [0.15, 0.2) is 0 Å². The minimum atomic E-state index is -0.113. The van der Waals surface area contributed by atoms with Crippen LogP contribution in [0.2, 0.25) is 0 Å². The van der Waals surface area contributed by atoms with Crippen LogP contribution in [0.4, 0.5) is 0 Å². The molecule has 1 aliphatic heterocycles. The number of esters is 1. The normalized spacial score (nSPS) is 20.4. The van der Waals surface area contributed by atoms with Crippen LogP contribution in [-0.4, -0.2) is 51.3 Å². The highest BCUT2D eigenvalue weighted by atomic mass is 16.5. The summed E-state index contributed by atoms with van der Waals surface area (Å²) in [7, 11) is 1.45. The lowest BCUT2D eigenvalue weighted by molar-refractivity contribution is -0.147. The number of hydrogen-bond donors (Lipinski definition) is 0. The number of rotatable bonds is 5. The molecule has 0 spiro atoms. The Hall–Kier alpha value is -1.50. The topological polar surface area (TPSA) is 73.1 Å². The molecule has 106 valence electrons. The number of aromatic nitrogens is 4. The molecule has 19 heavy (non-hydrogen) atoms. The first-order valence-corrected chi connectivity index (χ1v) is 6.79. The van der Waals surface area contributed by atoms with Crippen LogP contribution >= 0.6 is 0 Å². The molecular formula is C12H21N5O2. The zero-order valence-corrected chi connectivity index (χ0v) is 11.6. The van der Waals surface area contributed by atoms with Gasteiger partial charge in [-0.3, -0.25) is 9.69 Å². The van der Waals surface area contributed by atoms with E-state index in [-0.39, 0.29) is 11.9 Å². The average molecular weight is 267 g/mol. The molecule has 0 bridgehead atoms. The summed E-state index contributed by atoms with van der Waals surface area (Å²) in [4.78, 5) is 13.8. The summed E-state index contributed by atoms with van der Waals surface area (Å²) < 4.78 is 6.66. The second-order valence-electron chi connectivity index (χ2n) is 4.92. The van der Waals surface area contributed by atoms with Crippen LogP contribution in [0.1, 0.15) is 32.0 Å². The van der Waals surface area contributed by atoms with Gasteiger partial charge < -0.3 is 4.74 Å². The second kappa shape index (κ2) is 6.60. The van der Waals surface area contributed by atoms with Gasteiger partial charge in [0, 0.05) is 13.1 Å². The molecule has 1 saturated heterocycles. The summed E-state index contributed by atoms with van der Waals surface area (Å²) in [5.74, 6) is 0.736. The lowest BCUT2D eigenvalue weighted by Crippen LogP contribution is -2.39. The molecule has 1 fully saturated rings. The van der Waals surface area contributed by atoms with Crippen LogP contribution in [0.25, 0.3) is 0 Å². The Labute approximate surface area is 112 Å². The molecule has 0 radical (unpaired) electrons. The first kappa shape index (κ1) is 13.9. The van der Waals surface area contributed by atoms with Crippen LogP contribution in [0.3, 0.4) is 0 Å². The summed E-state index contributed by atoms with van der Waals surface area (Å²) in [5.41, 5.74) is 0. The number of carbonyl (C=O) groups excluding carboxylic acids is 1. The zero-order chi connectivity index (χ0) is 13.7. The van der Waals surface area contributed by atoms with E-state index in [0.29, 0.717) is 6.54 Å². The number of likely N-dealkylation sites (tertiary alicyclic amines) is 1. The van der Waals surface area contributed by atoms with Crippen molar-refractivity contribution in [1.29, 1.82) is 0 Å². The van der Waals surface area contributed by atoms with E-state index in [1.165, 1.54) is 7.11 Å². The second-order valence-corrected chi connectivity index (χ2v) is 4.92. The molecule has 2 rings (SSSR count). The van der Waals surface area contributed by atoms with Crippen molar-refractivity contribution in [2.75, 3.05) is 20.2 Å². The highest BCUT2D eigenvalue weighted by Gasteiger charge is 2.27. The van der Waals surface area contributed by atoms with Gasteiger partial charge in [0.05, 0.1) is 19.6 Å². The molecule has 1 aromatic rings. The SMILES string of the molecule is CCCn1nnnc1CN1CCCC(C(=O)OC)C1. The van der Waals surface area contributed by atoms with Gasteiger partial charge in [-0.1, -0.05) is 6.92 Å². The van der Waals surface area contributed by atoms with E-state index >= 15 is 0 Å². The van der Waals surface area contributed by atoms with Crippen molar-refractivity contribution in [3.05, 3.63) is 5.82 Å². The van der Waals surface area contributed by atoms with Crippen molar-refractivity contribution in [1.82, 2.24) is 25.1 Å². The molecule has 1 atom stereocenters. The third-order valence-electron chi connectivity index (χ3n) is 3.45. The molecule has 1 aromatic heterocycles. The van der Waals surface area contributed by atoms with E-state index in [0.717, 1.165) is 44.7 Å². The van der Waals surface area contributed by atoms with E-state index in [2.05, 4.69) is 27.3 Å². The average Bonchev–Trinajstić information content (AvgIpc) is 2.86. The van der Waals surface area contributed by atoms with Crippen molar-refractivity contribution in [2.45, 2.75) is 39.3 Å². The van der Waals surface area contributed by atoms with Crippen LogP contribution in [0, 0.1) is 5.92 Å². The number of nitrogens with zero attached hydrogens (tertiary/aromatic N) is 5. The minimum Gasteiger partial charge on any atom is -0.469 e. The number of ether oxygens (including phenoxy) is 1. The molecule has 0 amide bonds. The van der Waals surface area contributed by atoms with E-state index in [1.54, 1.807) is 0 Å². The molecule has 0 saturated carbocycles. The Morgan fingerprint density at radius 3 is 3.11 bits per heavy atom. The van der Waals surface area contributed by atoms with E-state index in [4.69, 9.17) is 4.74 Å². The van der Waals surface area contributed by atoms with Gasteiger partial charge in [-0.05, 0) is 36.2 Å². The van der Waals surface area contributed by atoms with E-state index in [1.807, 2.05) is 4.68 Å². The minimum absolute atomic E-state index is 0.0192. The Morgan fingerprint density at radius 1 is 1.53 bits per heavy atom. The van der Waals surface area contributed by atoms with Crippen molar-refractivity contribution < 1.29 is 9.53 Å². The fourth-order valence-corrected chi connectivity index (χ4v) is 2.48. The first-order valence-electron chi connectivity index (χ1n) is 6.79. The monoisotopic (exact) mass is 267 g/mol. The summed E-state index contributed by atoms with van der Waals surface area (Å²) in [6.07, 6.45) is 2.92. The van der Waals surface area contributed by atoms with Crippen molar-refractivity contribution in [3.63, 3.8) is 0 Å². The predicted molar refractivity (Wildman–Crippen MR) is 68.1 cm³/mol. The summed E-state index contributed by atoms with van der Waals surface area (Å²) in [6.45, 7) is 5.33. The maximum Gasteiger partial charge on any atom is 0.309 e. The van der Waals surface area contributed by atoms with Gasteiger partial charge in [0.25, 0.3) is 0 Å². The summed E-state index contributed by atoms with van der Waals surface area (Å²) >= 11 is 0. The van der Waals surface area contributed by atoms with Gasteiger partial charge in [0.15, 0.2) is 5.82 Å². The molecule has 1 aliphatic rings. The number of hydrogen-bond acceptors (Lipinski definition) is 6. The first-order chi connectivity index (χ1) is 9.24. The van der Waals surface area contributed by atoms with Crippen molar-refractivity contribution in [3.8, 4) is 0 Å². The largest absolute Gasteiger partial charge is 0.469 e. The molecule has 7 heteroatoms. The predicted octanol–water partition coefficient (Wildman–Crippen LogP) is 0.468. The van der Waals surface area contributed by atoms with Gasteiger partial charge in [0.2, 0.25) is 0 Å². The number of aryl methyl sites for hydroxylation is 1. The van der Waals surface area contributed by atoms with Crippen molar-refractivity contribution >= 4 is 5.97 Å². The highest BCUT2D eigenvalue weighted by molar-refractivity contribution is 5.72. The fraction of sp³-hybridized carbons (Fsp3) is 0.833. The smallest absolute Gasteiger partial charge is 0.309 e. The third kappa shape index (κ3) is 3.50. The molecule has 2 heterocycles. The van der Waals surface area contributed by atoms with Crippen LogP contribution in [-0.2, 0) is 22.6 Å².